The van der Waals surface area contributed by atoms with E-state index in [0.717, 1.165) is 16.9 Å². The first-order chi connectivity index (χ1) is 9.11. The molecule has 4 heteroatoms. The summed E-state index contributed by atoms with van der Waals surface area (Å²) < 4.78 is 12.3. The van der Waals surface area contributed by atoms with Crippen LogP contribution in [0.5, 0.6) is 5.75 Å². The molecule has 1 aromatic heterocycles. The lowest BCUT2D eigenvalue weighted by Gasteiger charge is -2.10. The third-order valence-electron chi connectivity index (χ3n) is 2.95. The van der Waals surface area contributed by atoms with Gasteiger partial charge >= 0.3 is 5.97 Å². The maximum absolute atomic E-state index is 11.9. The Morgan fingerprint density at radius 1 is 1.32 bits per heavy atom. The molecule has 0 aliphatic heterocycles. The van der Waals surface area contributed by atoms with Crippen LogP contribution < -0.4 is 4.74 Å². The Balaban J connectivity index is 2.09. The highest BCUT2D eigenvalue weighted by atomic mass is 16.5. The Labute approximate surface area is 112 Å². The number of esters is 1. The third-order valence-corrected chi connectivity index (χ3v) is 2.95. The number of hydrogen-bond acceptors (Lipinski definition) is 3. The topological polar surface area (TPSA) is 40.5 Å². The van der Waals surface area contributed by atoms with Crippen LogP contribution in [0.4, 0.5) is 0 Å². The van der Waals surface area contributed by atoms with E-state index in [1.807, 2.05) is 44.4 Å². The maximum Gasteiger partial charge on any atom is 0.355 e. The van der Waals surface area contributed by atoms with Gasteiger partial charge < -0.3 is 14.0 Å². The molecule has 1 heterocycles. The Morgan fingerprint density at radius 2 is 2.11 bits per heavy atom. The minimum absolute atomic E-state index is 0.203. The number of aryl methyl sites for hydroxylation is 2. The molecular formula is C15H17NO3. The van der Waals surface area contributed by atoms with Gasteiger partial charge in [-0.3, -0.25) is 0 Å². The average Bonchev–Trinajstić information content (AvgIpc) is 2.82. The zero-order valence-electron chi connectivity index (χ0n) is 11.3. The lowest BCUT2D eigenvalue weighted by atomic mass is 10.1. The second-order valence-corrected chi connectivity index (χ2v) is 4.40. The highest BCUT2D eigenvalue weighted by molar-refractivity contribution is 5.87. The predicted octanol–water partition coefficient (Wildman–Crippen LogP) is 2.70. The standard InChI is InChI=1S/C15H17NO3/c1-11-6-7-14(18-3)12(9-11)10-19-15(17)13-5-4-8-16(13)2/h4-9H,10H2,1-3H3. The number of nitrogens with zero attached hydrogens (tertiary/aromatic N) is 1. The van der Waals surface area contributed by atoms with E-state index in [0.29, 0.717) is 5.69 Å². The fraction of sp³-hybridized carbons (Fsp3) is 0.267. The van der Waals surface area contributed by atoms with Gasteiger partial charge in [0.15, 0.2) is 0 Å². The van der Waals surface area contributed by atoms with Crippen molar-refractivity contribution in [2.45, 2.75) is 13.5 Å². The molecular weight excluding hydrogens is 242 g/mol. The van der Waals surface area contributed by atoms with E-state index in [4.69, 9.17) is 9.47 Å². The number of methoxy groups -OCH3 is 1. The largest absolute Gasteiger partial charge is 0.496 e. The molecule has 0 N–H and O–H groups in total. The van der Waals surface area contributed by atoms with E-state index in [1.54, 1.807) is 17.7 Å². The molecule has 0 amide bonds. The molecule has 0 saturated heterocycles. The van der Waals surface area contributed by atoms with E-state index in [-0.39, 0.29) is 12.6 Å². The summed E-state index contributed by atoms with van der Waals surface area (Å²) in [5, 5.41) is 0. The van der Waals surface area contributed by atoms with Crippen LogP contribution in [0.3, 0.4) is 0 Å². The van der Waals surface area contributed by atoms with Crippen molar-refractivity contribution in [3.05, 3.63) is 53.3 Å². The zero-order valence-corrected chi connectivity index (χ0v) is 11.3. The number of hydrogen-bond donors (Lipinski definition) is 0. The molecule has 2 aromatic rings. The lowest BCUT2D eigenvalue weighted by Crippen LogP contribution is -2.10. The molecule has 100 valence electrons. The van der Waals surface area contributed by atoms with Gasteiger partial charge in [0.25, 0.3) is 0 Å². The fourth-order valence-electron chi connectivity index (χ4n) is 1.91. The second kappa shape index (κ2) is 5.61. The first-order valence-corrected chi connectivity index (χ1v) is 6.04. The van der Waals surface area contributed by atoms with Crippen LogP contribution in [-0.4, -0.2) is 17.6 Å². The van der Waals surface area contributed by atoms with Gasteiger partial charge in [-0.1, -0.05) is 11.6 Å². The van der Waals surface area contributed by atoms with Crippen LogP contribution in [0.15, 0.2) is 36.5 Å². The van der Waals surface area contributed by atoms with E-state index in [1.165, 1.54) is 0 Å². The Bertz CT molecular complexity index is 587. The minimum Gasteiger partial charge on any atom is -0.496 e. The molecule has 19 heavy (non-hydrogen) atoms. The Kier molecular flexibility index (Phi) is 3.90. The van der Waals surface area contributed by atoms with Gasteiger partial charge in [0, 0.05) is 18.8 Å². The summed E-state index contributed by atoms with van der Waals surface area (Å²) in [6.45, 7) is 2.19. The summed E-state index contributed by atoms with van der Waals surface area (Å²) >= 11 is 0. The van der Waals surface area contributed by atoms with Crippen LogP contribution in [0.25, 0.3) is 0 Å². The van der Waals surface area contributed by atoms with E-state index < -0.39 is 0 Å². The van der Waals surface area contributed by atoms with Crippen molar-refractivity contribution in [1.82, 2.24) is 4.57 Å². The molecule has 0 spiro atoms. The van der Waals surface area contributed by atoms with E-state index in [9.17, 15) is 4.79 Å². The third kappa shape index (κ3) is 2.96. The number of rotatable bonds is 4. The molecule has 2 rings (SSSR count). The van der Waals surface area contributed by atoms with Crippen LogP contribution in [0.1, 0.15) is 21.6 Å². The number of ether oxygens (including phenoxy) is 2. The molecule has 0 aliphatic rings. The molecule has 0 atom stereocenters. The van der Waals surface area contributed by atoms with Crippen molar-refractivity contribution in [1.29, 1.82) is 0 Å². The van der Waals surface area contributed by atoms with E-state index in [2.05, 4.69) is 0 Å². The van der Waals surface area contributed by atoms with Gasteiger partial charge in [0.2, 0.25) is 0 Å². The van der Waals surface area contributed by atoms with E-state index >= 15 is 0 Å². The van der Waals surface area contributed by atoms with Gasteiger partial charge in [-0.15, -0.1) is 0 Å². The van der Waals surface area contributed by atoms with Gasteiger partial charge in [-0.25, -0.2) is 4.79 Å². The summed E-state index contributed by atoms with van der Waals surface area (Å²) in [4.78, 5) is 11.9. The number of carbonyl (C=O) groups excluding carboxylic acids is 1. The predicted molar refractivity (Wildman–Crippen MR) is 72.3 cm³/mol. The number of carbonyl (C=O) groups is 1. The van der Waals surface area contributed by atoms with Gasteiger partial charge in [-0.05, 0) is 31.2 Å². The van der Waals surface area contributed by atoms with Gasteiger partial charge in [0.1, 0.15) is 18.1 Å². The first kappa shape index (κ1) is 13.2. The molecule has 4 nitrogen and oxygen atoms in total. The summed E-state index contributed by atoms with van der Waals surface area (Å²) in [7, 11) is 3.41. The molecule has 0 bridgehead atoms. The summed E-state index contributed by atoms with van der Waals surface area (Å²) in [5.41, 5.74) is 2.50. The number of benzene rings is 1. The molecule has 1 aromatic carbocycles. The van der Waals surface area contributed by atoms with Crippen molar-refractivity contribution in [2.24, 2.45) is 7.05 Å². The van der Waals surface area contributed by atoms with Crippen molar-refractivity contribution in [3.63, 3.8) is 0 Å². The summed E-state index contributed by atoms with van der Waals surface area (Å²) in [6.07, 6.45) is 1.81. The van der Waals surface area contributed by atoms with Crippen molar-refractivity contribution < 1.29 is 14.3 Å². The summed E-state index contributed by atoms with van der Waals surface area (Å²) in [5.74, 6) is 0.390. The Morgan fingerprint density at radius 3 is 2.74 bits per heavy atom. The molecule has 0 unspecified atom stereocenters. The molecule has 0 saturated carbocycles. The monoisotopic (exact) mass is 259 g/mol. The van der Waals surface area contributed by atoms with Gasteiger partial charge in [0.05, 0.1) is 7.11 Å². The van der Waals surface area contributed by atoms with Crippen molar-refractivity contribution in [3.8, 4) is 5.75 Å². The smallest absolute Gasteiger partial charge is 0.355 e. The van der Waals surface area contributed by atoms with Gasteiger partial charge in [-0.2, -0.15) is 0 Å². The highest BCUT2D eigenvalue weighted by Gasteiger charge is 2.12. The molecule has 0 radical (unpaired) electrons. The van der Waals surface area contributed by atoms with Crippen molar-refractivity contribution in [2.75, 3.05) is 7.11 Å². The summed E-state index contributed by atoms with van der Waals surface area (Å²) in [6, 6.07) is 9.33. The quantitative estimate of drug-likeness (QED) is 0.793. The normalized spacial score (nSPS) is 10.3. The second-order valence-electron chi connectivity index (χ2n) is 4.40. The SMILES string of the molecule is COc1ccc(C)cc1COC(=O)c1cccn1C. The minimum atomic E-state index is -0.337. The van der Waals surface area contributed by atoms with Crippen LogP contribution in [0.2, 0.25) is 0 Å². The van der Waals surface area contributed by atoms with Crippen LogP contribution in [-0.2, 0) is 18.4 Å². The van der Waals surface area contributed by atoms with Crippen LogP contribution >= 0.6 is 0 Å². The highest BCUT2D eigenvalue weighted by Crippen LogP contribution is 2.20. The fourth-order valence-corrected chi connectivity index (χ4v) is 1.91. The maximum atomic E-state index is 11.9. The molecule has 0 aliphatic carbocycles. The first-order valence-electron chi connectivity index (χ1n) is 6.04. The van der Waals surface area contributed by atoms with Crippen molar-refractivity contribution >= 4 is 5.97 Å². The lowest BCUT2D eigenvalue weighted by molar-refractivity contribution is 0.0459. The van der Waals surface area contributed by atoms with Crippen LogP contribution in [0, 0.1) is 6.92 Å². The average molecular weight is 259 g/mol. The zero-order chi connectivity index (χ0) is 13.8. The molecule has 0 fully saturated rings. The Hall–Kier alpha value is -2.23. The number of aromatic nitrogens is 1.